The third kappa shape index (κ3) is 3.75. The van der Waals surface area contributed by atoms with Gasteiger partial charge in [-0.05, 0) is 32.1 Å². The lowest BCUT2D eigenvalue weighted by Crippen LogP contribution is -2.36. The molecule has 0 atom stereocenters. The first-order chi connectivity index (χ1) is 9.40. The summed E-state index contributed by atoms with van der Waals surface area (Å²) in [5.41, 5.74) is 2.21. The summed E-state index contributed by atoms with van der Waals surface area (Å²) in [6.07, 6.45) is 0.525. The van der Waals surface area contributed by atoms with Gasteiger partial charge >= 0.3 is 6.18 Å². The molecule has 1 fully saturated rings. The average Bonchev–Trinajstić information content (AvgIpc) is 2.76. The van der Waals surface area contributed by atoms with E-state index < -0.39 is 12.1 Å². The summed E-state index contributed by atoms with van der Waals surface area (Å²) < 4.78 is 39.6. The molecule has 0 amide bonds. The summed E-state index contributed by atoms with van der Waals surface area (Å²) in [7, 11) is 1.89. The van der Waals surface area contributed by atoms with Crippen molar-refractivity contribution in [2.24, 2.45) is 13.0 Å². The number of halogens is 3. The van der Waals surface area contributed by atoms with E-state index in [1.165, 1.54) is 0 Å². The lowest BCUT2D eigenvalue weighted by atomic mass is 9.85. The van der Waals surface area contributed by atoms with Crippen LogP contribution in [0.3, 0.4) is 0 Å². The number of aryl methyl sites for hydroxylation is 2. The van der Waals surface area contributed by atoms with Gasteiger partial charge in [0.2, 0.25) is 0 Å². The topological polar surface area (TPSA) is 29.9 Å². The number of aromatic nitrogens is 2. The summed E-state index contributed by atoms with van der Waals surface area (Å²) in [6, 6.07) is 0.193. The molecular weight excluding hydrogens is 267 g/mol. The first kappa shape index (κ1) is 15.4. The Kier molecular flexibility index (Phi) is 4.73. The van der Waals surface area contributed by atoms with Crippen LogP contribution in [0.2, 0.25) is 0 Å². The number of hydrogen-bond donors (Lipinski definition) is 1. The number of alkyl halides is 3. The molecule has 1 heterocycles. The van der Waals surface area contributed by atoms with E-state index in [-0.39, 0.29) is 18.9 Å². The van der Waals surface area contributed by atoms with Crippen LogP contribution in [0, 0.1) is 5.92 Å². The zero-order chi connectivity index (χ0) is 14.8. The Morgan fingerprint density at radius 2 is 1.95 bits per heavy atom. The lowest BCUT2D eigenvalue weighted by Gasteiger charge is -2.30. The highest BCUT2D eigenvalue weighted by atomic mass is 19.4. The predicted molar refractivity (Wildman–Crippen MR) is 71.2 cm³/mol. The quantitative estimate of drug-likeness (QED) is 0.922. The van der Waals surface area contributed by atoms with Gasteiger partial charge in [-0.25, -0.2) is 0 Å². The SMILES string of the molecule is CCc1nn(C)cc1CNC1CCC(C(F)(F)F)CC1. The van der Waals surface area contributed by atoms with E-state index in [0.29, 0.717) is 19.4 Å². The maximum absolute atomic E-state index is 12.6. The number of nitrogens with one attached hydrogen (secondary N) is 1. The standard InChI is InChI=1S/C14H22F3N3/c1-3-13-10(9-20(2)19-13)8-18-12-6-4-11(5-7-12)14(15,16)17/h9,11-12,18H,3-8H2,1-2H3. The van der Waals surface area contributed by atoms with Crippen molar-refractivity contribution in [2.75, 3.05) is 0 Å². The molecule has 1 N–H and O–H groups in total. The van der Waals surface area contributed by atoms with Crippen molar-refractivity contribution in [1.82, 2.24) is 15.1 Å². The van der Waals surface area contributed by atoms with Gasteiger partial charge in [0.05, 0.1) is 11.6 Å². The first-order valence-electron chi connectivity index (χ1n) is 7.21. The lowest BCUT2D eigenvalue weighted by molar-refractivity contribution is -0.182. The Morgan fingerprint density at radius 1 is 1.30 bits per heavy atom. The van der Waals surface area contributed by atoms with Crippen LogP contribution in [0.1, 0.15) is 43.9 Å². The van der Waals surface area contributed by atoms with Crippen LogP contribution in [0.25, 0.3) is 0 Å². The molecule has 0 spiro atoms. The van der Waals surface area contributed by atoms with Crippen LogP contribution in [-0.2, 0) is 20.0 Å². The summed E-state index contributed by atoms with van der Waals surface area (Å²) in [6.45, 7) is 2.75. The van der Waals surface area contributed by atoms with Gasteiger partial charge in [0.1, 0.15) is 0 Å². The molecule has 1 aliphatic rings. The van der Waals surface area contributed by atoms with Gasteiger partial charge in [0, 0.05) is 31.4 Å². The summed E-state index contributed by atoms with van der Waals surface area (Å²) in [5.74, 6) is -1.11. The molecule has 1 aliphatic carbocycles. The molecule has 114 valence electrons. The molecule has 0 aromatic carbocycles. The number of nitrogens with zero attached hydrogens (tertiary/aromatic N) is 2. The van der Waals surface area contributed by atoms with E-state index in [9.17, 15) is 13.2 Å². The van der Waals surface area contributed by atoms with Gasteiger partial charge in [0.25, 0.3) is 0 Å². The summed E-state index contributed by atoms with van der Waals surface area (Å²) in [5, 5.41) is 7.74. The Labute approximate surface area is 117 Å². The minimum absolute atomic E-state index is 0.193. The molecule has 3 nitrogen and oxygen atoms in total. The molecule has 0 saturated heterocycles. The molecular formula is C14H22F3N3. The Morgan fingerprint density at radius 3 is 2.50 bits per heavy atom. The van der Waals surface area contributed by atoms with E-state index in [0.717, 1.165) is 17.7 Å². The molecule has 1 saturated carbocycles. The minimum atomic E-state index is -4.02. The third-order valence-corrected chi connectivity index (χ3v) is 4.10. The second-order valence-corrected chi connectivity index (χ2v) is 5.60. The third-order valence-electron chi connectivity index (χ3n) is 4.10. The van der Waals surface area contributed by atoms with Crippen molar-refractivity contribution in [3.8, 4) is 0 Å². The van der Waals surface area contributed by atoms with Crippen molar-refractivity contribution in [3.05, 3.63) is 17.5 Å². The highest BCUT2D eigenvalue weighted by molar-refractivity contribution is 5.16. The molecule has 0 bridgehead atoms. The number of hydrogen-bond acceptors (Lipinski definition) is 2. The fourth-order valence-electron chi connectivity index (χ4n) is 2.91. The smallest absolute Gasteiger partial charge is 0.310 e. The largest absolute Gasteiger partial charge is 0.391 e. The van der Waals surface area contributed by atoms with Crippen molar-refractivity contribution >= 4 is 0 Å². The molecule has 0 radical (unpaired) electrons. The van der Waals surface area contributed by atoms with Crippen LogP contribution < -0.4 is 5.32 Å². The van der Waals surface area contributed by atoms with Crippen molar-refractivity contribution in [3.63, 3.8) is 0 Å². The maximum Gasteiger partial charge on any atom is 0.391 e. The van der Waals surface area contributed by atoms with Gasteiger partial charge in [-0.3, -0.25) is 4.68 Å². The Balaban J connectivity index is 1.81. The fourth-order valence-corrected chi connectivity index (χ4v) is 2.91. The van der Waals surface area contributed by atoms with Crippen molar-refractivity contribution < 1.29 is 13.2 Å². The minimum Gasteiger partial charge on any atom is -0.310 e. The van der Waals surface area contributed by atoms with E-state index in [1.807, 2.05) is 13.2 Å². The van der Waals surface area contributed by atoms with E-state index in [2.05, 4.69) is 17.3 Å². The van der Waals surface area contributed by atoms with E-state index in [1.54, 1.807) is 4.68 Å². The van der Waals surface area contributed by atoms with Gasteiger partial charge < -0.3 is 5.32 Å². The van der Waals surface area contributed by atoms with Gasteiger partial charge in [-0.15, -0.1) is 0 Å². The average molecular weight is 289 g/mol. The molecule has 1 aromatic heterocycles. The van der Waals surface area contributed by atoms with Crippen LogP contribution in [-0.4, -0.2) is 22.0 Å². The van der Waals surface area contributed by atoms with Crippen LogP contribution in [0.5, 0.6) is 0 Å². The van der Waals surface area contributed by atoms with Crippen molar-refractivity contribution in [2.45, 2.75) is 57.8 Å². The summed E-state index contributed by atoms with van der Waals surface area (Å²) >= 11 is 0. The predicted octanol–water partition coefficient (Wildman–Crippen LogP) is 3.19. The molecule has 2 rings (SSSR count). The molecule has 0 unspecified atom stereocenters. The van der Waals surface area contributed by atoms with Crippen LogP contribution in [0.4, 0.5) is 13.2 Å². The van der Waals surface area contributed by atoms with Gasteiger partial charge in [0.15, 0.2) is 0 Å². The fraction of sp³-hybridized carbons (Fsp3) is 0.786. The van der Waals surface area contributed by atoms with Crippen LogP contribution in [0.15, 0.2) is 6.20 Å². The molecule has 6 heteroatoms. The van der Waals surface area contributed by atoms with Crippen LogP contribution >= 0.6 is 0 Å². The van der Waals surface area contributed by atoms with E-state index in [4.69, 9.17) is 0 Å². The Bertz CT molecular complexity index is 431. The first-order valence-corrected chi connectivity index (χ1v) is 7.21. The van der Waals surface area contributed by atoms with Gasteiger partial charge in [-0.1, -0.05) is 6.92 Å². The van der Waals surface area contributed by atoms with E-state index >= 15 is 0 Å². The van der Waals surface area contributed by atoms with Gasteiger partial charge in [-0.2, -0.15) is 18.3 Å². The monoisotopic (exact) mass is 289 g/mol. The highest BCUT2D eigenvalue weighted by Crippen LogP contribution is 2.37. The second kappa shape index (κ2) is 6.16. The molecule has 0 aliphatic heterocycles. The van der Waals surface area contributed by atoms with Crippen molar-refractivity contribution in [1.29, 1.82) is 0 Å². The molecule has 20 heavy (non-hydrogen) atoms. The zero-order valence-electron chi connectivity index (χ0n) is 12.0. The maximum atomic E-state index is 12.6. The number of rotatable bonds is 4. The molecule has 1 aromatic rings. The normalized spacial score (nSPS) is 24.1. The Hall–Kier alpha value is -1.04. The zero-order valence-corrected chi connectivity index (χ0v) is 12.0. The summed E-state index contributed by atoms with van der Waals surface area (Å²) in [4.78, 5) is 0. The second-order valence-electron chi connectivity index (χ2n) is 5.60. The highest BCUT2D eigenvalue weighted by Gasteiger charge is 2.41.